The van der Waals surface area contributed by atoms with Crippen LogP contribution in [0.5, 0.6) is 0 Å². The third kappa shape index (κ3) is 4.28. The van der Waals surface area contributed by atoms with Gasteiger partial charge in [-0.1, -0.05) is 13.8 Å². The van der Waals surface area contributed by atoms with Crippen LogP contribution in [0, 0.1) is 17.8 Å². The Bertz CT molecular complexity index is 235. The molecular weight excluding hydrogens is 214 g/mol. The maximum Gasteiger partial charge on any atom is 0.222 e. The summed E-state index contributed by atoms with van der Waals surface area (Å²) in [4.78, 5) is 14.0. The fourth-order valence-corrected chi connectivity index (χ4v) is 2.47. The Morgan fingerprint density at radius 3 is 2.41 bits per heavy atom. The molecule has 1 fully saturated rings. The number of hydrogen-bond acceptors (Lipinski definition) is 3. The molecule has 1 aliphatic heterocycles. The molecule has 4 nitrogen and oxygen atoms in total. The van der Waals surface area contributed by atoms with Crippen molar-refractivity contribution in [2.75, 3.05) is 33.2 Å². The Balaban J connectivity index is 2.34. The highest BCUT2D eigenvalue weighted by Crippen LogP contribution is 2.20. The van der Waals surface area contributed by atoms with E-state index in [9.17, 15) is 4.79 Å². The zero-order chi connectivity index (χ0) is 12.8. The van der Waals surface area contributed by atoms with Crippen LogP contribution in [0.1, 0.15) is 26.7 Å². The van der Waals surface area contributed by atoms with Gasteiger partial charge >= 0.3 is 0 Å². The lowest BCUT2D eigenvalue weighted by molar-refractivity contribution is -0.126. The van der Waals surface area contributed by atoms with Gasteiger partial charge in [0.05, 0.1) is 0 Å². The zero-order valence-corrected chi connectivity index (χ0v) is 11.4. The monoisotopic (exact) mass is 241 g/mol. The molecule has 0 aliphatic carbocycles. The minimum atomic E-state index is 0.198. The normalized spacial score (nSPS) is 20.5. The summed E-state index contributed by atoms with van der Waals surface area (Å²) in [5.74, 6) is 1.62. The predicted molar refractivity (Wildman–Crippen MR) is 70.6 cm³/mol. The van der Waals surface area contributed by atoms with E-state index in [-0.39, 0.29) is 11.8 Å². The van der Waals surface area contributed by atoms with Crippen molar-refractivity contribution in [1.29, 1.82) is 0 Å². The maximum absolute atomic E-state index is 11.5. The van der Waals surface area contributed by atoms with Crippen LogP contribution in [0.15, 0.2) is 0 Å². The molecule has 1 amide bonds. The van der Waals surface area contributed by atoms with Crippen molar-refractivity contribution in [3.63, 3.8) is 0 Å². The average molecular weight is 241 g/mol. The fourth-order valence-electron chi connectivity index (χ4n) is 2.47. The lowest BCUT2D eigenvalue weighted by Crippen LogP contribution is -2.43. The molecule has 0 bridgehead atoms. The minimum absolute atomic E-state index is 0.198. The number of rotatable bonds is 5. The highest BCUT2D eigenvalue weighted by Gasteiger charge is 2.25. The van der Waals surface area contributed by atoms with Gasteiger partial charge in [0.25, 0.3) is 0 Å². The van der Waals surface area contributed by atoms with Gasteiger partial charge < -0.3 is 16.0 Å². The van der Waals surface area contributed by atoms with E-state index in [0.717, 1.165) is 39.0 Å². The number of nitrogens with two attached hydrogens (primary N) is 1. The second-order valence-electron chi connectivity index (χ2n) is 5.43. The number of hydrogen-bond donors (Lipinski definition) is 2. The molecule has 0 aromatic carbocycles. The molecule has 100 valence electrons. The van der Waals surface area contributed by atoms with Gasteiger partial charge in [-0.2, -0.15) is 0 Å². The van der Waals surface area contributed by atoms with Gasteiger partial charge in [-0.25, -0.2) is 0 Å². The van der Waals surface area contributed by atoms with Crippen molar-refractivity contribution >= 4 is 5.91 Å². The van der Waals surface area contributed by atoms with Gasteiger partial charge in [0, 0.05) is 19.5 Å². The van der Waals surface area contributed by atoms with Crippen LogP contribution in [-0.2, 0) is 4.79 Å². The molecule has 3 N–H and O–H groups in total. The van der Waals surface area contributed by atoms with Gasteiger partial charge in [-0.15, -0.1) is 0 Å². The summed E-state index contributed by atoms with van der Waals surface area (Å²) in [5, 5.41) is 2.74. The van der Waals surface area contributed by atoms with Crippen LogP contribution in [0.2, 0.25) is 0 Å². The molecule has 1 atom stereocenters. The highest BCUT2D eigenvalue weighted by molar-refractivity contribution is 5.78. The van der Waals surface area contributed by atoms with Crippen LogP contribution < -0.4 is 11.1 Å². The second-order valence-corrected chi connectivity index (χ2v) is 5.43. The van der Waals surface area contributed by atoms with Crippen LogP contribution in [0.3, 0.4) is 0 Å². The summed E-state index contributed by atoms with van der Waals surface area (Å²) < 4.78 is 0. The number of carbonyl (C=O) groups excluding carboxylic acids is 1. The summed E-state index contributed by atoms with van der Waals surface area (Å²) in [6, 6.07) is 0. The Labute approximate surface area is 105 Å². The maximum atomic E-state index is 11.5. The lowest BCUT2D eigenvalue weighted by atomic mass is 9.92. The molecule has 1 rings (SSSR count). The van der Waals surface area contributed by atoms with E-state index >= 15 is 0 Å². The quantitative estimate of drug-likeness (QED) is 0.744. The van der Waals surface area contributed by atoms with Gasteiger partial charge in [0.15, 0.2) is 0 Å². The first-order chi connectivity index (χ1) is 8.08. The van der Waals surface area contributed by atoms with Gasteiger partial charge in [-0.05, 0) is 44.3 Å². The van der Waals surface area contributed by atoms with Crippen molar-refractivity contribution in [2.45, 2.75) is 26.7 Å². The molecule has 0 spiro atoms. The molecule has 1 saturated heterocycles. The van der Waals surface area contributed by atoms with E-state index in [0.29, 0.717) is 11.8 Å². The molecular formula is C13H27N3O. The van der Waals surface area contributed by atoms with Crippen molar-refractivity contribution in [2.24, 2.45) is 23.5 Å². The van der Waals surface area contributed by atoms with Crippen LogP contribution in [0.4, 0.5) is 0 Å². The van der Waals surface area contributed by atoms with E-state index in [2.05, 4.69) is 24.1 Å². The highest BCUT2D eigenvalue weighted by atomic mass is 16.1. The molecule has 0 radical (unpaired) electrons. The predicted octanol–water partition coefficient (Wildman–Crippen LogP) is 0.675. The summed E-state index contributed by atoms with van der Waals surface area (Å²) in [6.45, 7) is 8.36. The topological polar surface area (TPSA) is 58.4 Å². The number of carbonyl (C=O) groups is 1. The fraction of sp³-hybridized carbons (Fsp3) is 0.923. The number of nitrogens with zero attached hydrogens (tertiary/aromatic N) is 1. The number of piperidine rings is 1. The van der Waals surface area contributed by atoms with Crippen LogP contribution >= 0.6 is 0 Å². The minimum Gasteiger partial charge on any atom is -0.359 e. The number of amides is 1. The number of likely N-dealkylation sites (tertiary alicyclic amines) is 1. The molecule has 17 heavy (non-hydrogen) atoms. The summed E-state index contributed by atoms with van der Waals surface area (Å²) in [6.07, 6.45) is 1.96. The Kier molecular flexibility index (Phi) is 5.92. The first-order valence-electron chi connectivity index (χ1n) is 6.72. The molecule has 4 heteroatoms. The zero-order valence-electron chi connectivity index (χ0n) is 11.4. The van der Waals surface area contributed by atoms with Crippen molar-refractivity contribution in [3.05, 3.63) is 0 Å². The Morgan fingerprint density at radius 1 is 1.41 bits per heavy atom. The summed E-state index contributed by atoms with van der Waals surface area (Å²) in [5.41, 5.74) is 5.80. The largest absolute Gasteiger partial charge is 0.359 e. The van der Waals surface area contributed by atoms with Gasteiger partial charge in [0.2, 0.25) is 5.91 Å². The second kappa shape index (κ2) is 6.97. The standard InChI is InChI=1S/C13H27N3O/c1-10(2)12(8-14)9-16-6-4-11(5-7-16)13(17)15-3/h10-12H,4-9,14H2,1-3H3,(H,15,17). The smallest absolute Gasteiger partial charge is 0.222 e. The molecule has 0 aromatic rings. The van der Waals surface area contributed by atoms with Crippen molar-refractivity contribution < 1.29 is 4.79 Å². The first-order valence-corrected chi connectivity index (χ1v) is 6.72. The summed E-state index contributed by atoms with van der Waals surface area (Å²) >= 11 is 0. The van der Waals surface area contributed by atoms with Crippen molar-refractivity contribution in [1.82, 2.24) is 10.2 Å². The van der Waals surface area contributed by atoms with E-state index in [1.165, 1.54) is 0 Å². The Hall–Kier alpha value is -0.610. The van der Waals surface area contributed by atoms with E-state index < -0.39 is 0 Å². The molecule has 0 saturated carbocycles. The van der Waals surface area contributed by atoms with Crippen LogP contribution in [0.25, 0.3) is 0 Å². The third-order valence-electron chi connectivity index (χ3n) is 3.94. The number of nitrogens with one attached hydrogen (secondary N) is 1. The molecule has 1 aliphatic rings. The lowest BCUT2D eigenvalue weighted by Gasteiger charge is -2.34. The molecule has 1 unspecified atom stereocenters. The summed E-state index contributed by atoms with van der Waals surface area (Å²) in [7, 11) is 1.72. The molecule has 1 heterocycles. The SMILES string of the molecule is CNC(=O)C1CCN(CC(CN)C(C)C)CC1. The Morgan fingerprint density at radius 2 is 2.00 bits per heavy atom. The van der Waals surface area contributed by atoms with Crippen LogP contribution in [-0.4, -0.2) is 44.0 Å². The first kappa shape index (κ1) is 14.5. The molecule has 0 aromatic heterocycles. The van der Waals surface area contributed by atoms with Gasteiger partial charge in [0.1, 0.15) is 0 Å². The average Bonchev–Trinajstić information content (AvgIpc) is 2.35. The van der Waals surface area contributed by atoms with E-state index in [1.807, 2.05) is 0 Å². The van der Waals surface area contributed by atoms with Gasteiger partial charge in [-0.3, -0.25) is 4.79 Å². The van der Waals surface area contributed by atoms with E-state index in [1.54, 1.807) is 7.05 Å². The van der Waals surface area contributed by atoms with E-state index in [4.69, 9.17) is 5.73 Å². The third-order valence-corrected chi connectivity index (χ3v) is 3.94. The van der Waals surface area contributed by atoms with Crippen molar-refractivity contribution in [3.8, 4) is 0 Å².